The van der Waals surface area contributed by atoms with Gasteiger partial charge in [0, 0.05) is 41.6 Å². The third-order valence-corrected chi connectivity index (χ3v) is 8.79. The lowest BCUT2D eigenvalue weighted by atomic mass is 10.1. The second-order valence-corrected chi connectivity index (χ2v) is 15.1. The molecule has 17 heteroatoms. The first-order valence-corrected chi connectivity index (χ1v) is 16.7. The molecule has 0 N–H and O–H groups in total. The zero-order chi connectivity index (χ0) is 36.2. The van der Waals surface area contributed by atoms with Crippen LogP contribution in [-0.2, 0) is 27.2 Å². The minimum absolute atomic E-state index is 0.00397. The van der Waals surface area contributed by atoms with Crippen molar-refractivity contribution in [1.29, 1.82) is 0 Å². The van der Waals surface area contributed by atoms with E-state index in [4.69, 9.17) is 19.3 Å². The number of ether oxygens (including phenoxy) is 3. The van der Waals surface area contributed by atoms with E-state index in [1.807, 2.05) is 13.8 Å². The van der Waals surface area contributed by atoms with Gasteiger partial charge in [0.15, 0.2) is 5.65 Å². The number of anilines is 1. The summed E-state index contributed by atoms with van der Waals surface area (Å²) in [4.78, 5) is 55.1. The normalized spacial score (nSPS) is 16.6. The Labute approximate surface area is 285 Å². The summed E-state index contributed by atoms with van der Waals surface area (Å²) < 4.78 is 59.5. The number of aromatic nitrogens is 5. The quantitative estimate of drug-likeness (QED) is 0.273. The molecule has 49 heavy (non-hydrogen) atoms. The molecule has 2 aliphatic rings. The van der Waals surface area contributed by atoms with Gasteiger partial charge in [-0.2, -0.15) is 23.3 Å². The number of pyridine rings is 1. The lowest BCUT2D eigenvalue weighted by Gasteiger charge is -2.31. The van der Waals surface area contributed by atoms with Gasteiger partial charge in [0.25, 0.3) is 0 Å². The molecule has 1 fully saturated rings. The van der Waals surface area contributed by atoms with Crippen LogP contribution in [0.2, 0.25) is 0 Å². The van der Waals surface area contributed by atoms with E-state index >= 15 is 0 Å². The van der Waals surface area contributed by atoms with Crippen LogP contribution in [0, 0.1) is 13.8 Å². The highest BCUT2D eigenvalue weighted by Gasteiger charge is 2.50. The first kappa shape index (κ1) is 36.1. The van der Waals surface area contributed by atoms with Gasteiger partial charge in [-0.05, 0) is 68.2 Å². The molecule has 4 heterocycles. The topological polar surface area (TPSA) is 142 Å². The number of carbonyl (C=O) groups is 3. The third kappa shape index (κ3) is 7.86. The smallest absolute Gasteiger partial charge is 0.471 e. The van der Waals surface area contributed by atoms with Crippen LogP contribution in [0.3, 0.4) is 0 Å². The van der Waals surface area contributed by atoms with E-state index < -0.39 is 47.6 Å². The van der Waals surface area contributed by atoms with Crippen LogP contribution < -0.4 is 9.64 Å². The maximum absolute atomic E-state index is 13.8. The Morgan fingerprint density at radius 1 is 0.980 bits per heavy atom. The standard InChI is InChI=1S/C32H40F3N7O6S/c1-16-13-36-21(17(2)23(16)46-9)14-40-24-22-20(39-40)12-19(41(18-10-11-18)26(43)32(33,34)35)15-49-25(22)38-27(37-24)42(28(44)47-30(3,4)5)29(45)48-31(6,7)8/h13,18-19H,10-12,14-15H2,1-9H3. The summed E-state index contributed by atoms with van der Waals surface area (Å²) in [6.45, 7) is 13.5. The lowest BCUT2D eigenvalue weighted by Crippen LogP contribution is -2.50. The zero-order valence-electron chi connectivity index (χ0n) is 28.9. The number of nitrogens with zero attached hydrogens (tertiary/aromatic N) is 7. The molecule has 1 aliphatic carbocycles. The number of carbonyl (C=O) groups excluding carboxylic acids is 3. The molecule has 0 saturated heterocycles. The highest BCUT2D eigenvalue weighted by Crippen LogP contribution is 2.40. The average Bonchev–Trinajstić information content (AvgIpc) is 3.75. The van der Waals surface area contributed by atoms with Crippen molar-refractivity contribution in [2.75, 3.05) is 17.8 Å². The van der Waals surface area contributed by atoms with Crippen molar-refractivity contribution in [3.63, 3.8) is 0 Å². The van der Waals surface area contributed by atoms with Gasteiger partial charge < -0.3 is 19.1 Å². The fourth-order valence-electron chi connectivity index (χ4n) is 5.55. The second-order valence-electron chi connectivity index (χ2n) is 14.1. The van der Waals surface area contributed by atoms with Gasteiger partial charge in [-0.3, -0.25) is 9.78 Å². The molecule has 266 valence electrons. The number of halogens is 3. The van der Waals surface area contributed by atoms with Gasteiger partial charge in [0.2, 0.25) is 5.95 Å². The monoisotopic (exact) mass is 707 g/mol. The van der Waals surface area contributed by atoms with Crippen molar-refractivity contribution in [2.45, 2.75) is 116 Å². The van der Waals surface area contributed by atoms with Gasteiger partial charge in [-0.25, -0.2) is 19.3 Å². The SMILES string of the molecule is COc1c(C)cnc(Cn2nc3c4c(nc(N(C(=O)OC(C)(C)C)C(=O)OC(C)(C)C)nc42)SCC(N(C(=O)C(F)(F)F)C2CC2)C3)c1C. The van der Waals surface area contributed by atoms with Crippen molar-refractivity contribution in [3.8, 4) is 5.75 Å². The summed E-state index contributed by atoms with van der Waals surface area (Å²) in [5.41, 5.74) is 0.677. The molecular weight excluding hydrogens is 667 g/mol. The predicted molar refractivity (Wildman–Crippen MR) is 174 cm³/mol. The molecule has 13 nitrogen and oxygen atoms in total. The van der Waals surface area contributed by atoms with Crippen LogP contribution in [0.15, 0.2) is 11.2 Å². The van der Waals surface area contributed by atoms with E-state index in [9.17, 15) is 27.6 Å². The van der Waals surface area contributed by atoms with E-state index in [-0.39, 0.29) is 35.3 Å². The average molecular weight is 708 g/mol. The second kappa shape index (κ2) is 12.9. The van der Waals surface area contributed by atoms with Crippen LogP contribution in [0.25, 0.3) is 11.0 Å². The Morgan fingerprint density at radius 2 is 1.59 bits per heavy atom. The number of thioether (sulfide) groups is 1. The molecule has 3 amide bonds. The van der Waals surface area contributed by atoms with E-state index in [0.717, 1.165) is 27.8 Å². The summed E-state index contributed by atoms with van der Waals surface area (Å²) >= 11 is 1.09. The maximum Gasteiger partial charge on any atom is 0.471 e. The third-order valence-electron chi connectivity index (χ3n) is 7.67. The lowest BCUT2D eigenvalue weighted by molar-refractivity contribution is -0.188. The predicted octanol–water partition coefficient (Wildman–Crippen LogP) is 6.14. The molecule has 3 aromatic rings. The van der Waals surface area contributed by atoms with E-state index in [2.05, 4.69) is 15.0 Å². The van der Waals surface area contributed by atoms with Gasteiger partial charge in [-0.15, -0.1) is 16.7 Å². The Hall–Kier alpha value is -4.15. The van der Waals surface area contributed by atoms with Crippen LogP contribution in [0.1, 0.15) is 76.9 Å². The van der Waals surface area contributed by atoms with Gasteiger partial charge in [-0.1, -0.05) is 0 Å². The fourth-order valence-corrected chi connectivity index (χ4v) is 6.68. The van der Waals surface area contributed by atoms with Crippen molar-refractivity contribution in [3.05, 3.63) is 28.7 Å². The number of rotatable bonds is 6. The van der Waals surface area contributed by atoms with Crippen LogP contribution >= 0.6 is 11.8 Å². The molecule has 0 bridgehead atoms. The minimum Gasteiger partial charge on any atom is -0.496 e. The molecule has 1 aliphatic heterocycles. The molecule has 1 unspecified atom stereocenters. The summed E-state index contributed by atoms with van der Waals surface area (Å²) in [5, 5.41) is 5.48. The summed E-state index contributed by atoms with van der Waals surface area (Å²) in [6, 6.07) is -1.41. The van der Waals surface area contributed by atoms with Crippen molar-refractivity contribution in [2.24, 2.45) is 0 Å². The van der Waals surface area contributed by atoms with Gasteiger partial charge >= 0.3 is 24.3 Å². The highest BCUT2D eigenvalue weighted by molar-refractivity contribution is 7.99. The van der Waals surface area contributed by atoms with Gasteiger partial charge in [0.1, 0.15) is 22.0 Å². The Balaban J connectivity index is 1.68. The molecule has 0 spiro atoms. The summed E-state index contributed by atoms with van der Waals surface area (Å²) in [5.74, 6) is -1.60. The van der Waals surface area contributed by atoms with E-state index in [1.165, 1.54) is 4.68 Å². The Morgan fingerprint density at radius 3 is 2.12 bits per heavy atom. The molecule has 0 aromatic carbocycles. The first-order valence-electron chi connectivity index (χ1n) is 15.7. The number of methoxy groups -OCH3 is 1. The number of hydrogen-bond donors (Lipinski definition) is 0. The minimum atomic E-state index is -5.05. The van der Waals surface area contributed by atoms with Crippen molar-refractivity contribution in [1.82, 2.24) is 29.6 Å². The molecule has 3 aromatic heterocycles. The summed E-state index contributed by atoms with van der Waals surface area (Å²) in [7, 11) is 1.55. The van der Waals surface area contributed by atoms with Crippen LogP contribution in [-0.4, -0.2) is 90.1 Å². The van der Waals surface area contributed by atoms with Crippen molar-refractivity contribution < 1.29 is 41.8 Å². The fraction of sp³-hybridized carbons (Fsp3) is 0.594. The maximum atomic E-state index is 13.8. The largest absolute Gasteiger partial charge is 0.496 e. The number of hydrogen-bond acceptors (Lipinski definition) is 11. The molecular formula is C32H40F3N7O6S. The number of amides is 3. The molecule has 1 atom stereocenters. The zero-order valence-corrected chi connectivity index (χ0v) is 29.7. The van der Waals surface area contributed by atoms with Gasteiger partial charge in [0.05, 0.1) is 30.4 Å². The number of aryl methyl sites for hydroxylation is 1. The summed E-state index contributed by atoms with van der Waals surface area (Å²) in [6.07, 6.45) is -4.66. The first-order chi connectivity index (χ1) is 22.7. The van der Waals surface area contributed by atoms with E-state index in [0.29, 0.717) is 40.3 Å². The van der Waals surface area contributed by atoms with Crippen molar-refractivity contribution >= 4 is 46.8 Å². The van der Waals surface area contributed by atoms with E-state index in [1.54, 1.807) is 54.8 Å². The Bertz CT molecular complexity index is 1770. The Kier molecular flexibility index (Phi) is 9.55. The highest BCUT2D eigenvalue weighted by atomic mass is 32.2. The van der Waals surface area contributed by atoms with Crippen LogP contribution in [0.4, 0.5) is 28.7 Å². The molecule has 0 radical (unpaired) electrons. The molecule has 5 rings (SSSR count). The molecule has 1 saturated carbocycles. The number of imide groups is 1. The number of alkyl halides is 3. The van der Waals surface area contributed by atoms with Crippen LogP contribution in [0.5, 0.6) is 5.75 Å².